The van der Waals surface area contributed by atoms with Crippen molar-refractivity contribution < 1.29 is 13.5 Å². The Kier molecular flexibility index (Phi) is 4.54. The molecule has 6 rings (SSSR count). The maximum atomic E-state index is 13.6. The highest BCUT2D eigenvalue weighted by atomic mass is 19.1. The molecular weight excluding hydrogens is 407 g/mol. The molecule has 0 aliphatic carbocycles. The standard InChI is InChI=1S/C25H19FN4O2/c26-18-8-6-17(7-9-18)23-21(13-30(29-23)19-10-11-31-14-19)24-20-12-22(16-4-2-1-3-5-16)32-25(20)28-15-27-24/h1-9,12-13,15,19H,10-11,14H2. The van der Waals surface area contributed by atoms with Gasteiger partial charge in [-0.2, -0.15) is 5.10 Å². The van der Waals surface area contributed by atoms with Crippen LogP contribution in [0.25, 0.3) is 44.9 Å². The van der Waals surface area contributed by atoms with Crippen molar-refractivity contribution >= 4 is 11.1 Å². The summed E-state index contributed by atoms with van der Waals surface area (Å²) in [4.78, 5) is 8.94. The van der Waals surface area contributed by atoms with E-state index in [4.69, 9.17) is 14.3 Å². The minimum atomic E-state index is -0.286. The van der Waals surface area contributed by atoms with E-state index >= 15 is 0 Å². The SMILES string of the molecule is Fc1ccc(-c2nn(C3CCOC3)cc2-c2ncnc3oc(-c4ccccc4)cc23)cc1. The van der Waals surface area contributed by atoms with E-state index in [2.05, 4.69) is 9.97 Å². The van der Waals surface area contributed by atoms with Crippen LogP contribution in [0.5, 0.6) is 0 Å². The van der Waals surface area contributed by atoms with E-state index in [-0.39, 0.29) is 11.9 Å². The molecule has 5 aromatic rings. The number of hydrogen-bond acceptors (Lipinski definition) is 5. The lowest BCUT2D eigenvalue weighted by atomic mass is 10.0. The van der Waals surface area contributed by atoms with Gasteiger partial charge in [0.05, 0.1) is 23.7 Å². The molecule has 0 amide bonds. The number of hydrogen-bond donors (Lipinski definition) is 0. The van der Waals surface area contributed by atoms with Gasteiger partial charge in [-0.1, -0.05) is 30.3 Å². The van der Waals surface area contributed by atoms with Crippen molar-refractivity contribution in [2.75, 3.05) is 13.2 Å². The number of ether oxygens (including phenoxy) is 1. The van der Waals surface area contributed by atoms with Gasteiger partial charge in [-0.05, 0) is 36.8 Å². The molecule has 0 bridgehead atoms. The summed E-state index contributed by atoms with van der Waals surface area (Å²) in [6.45, 7) is 1.33. The second kappa shape index (κ2) is 7.69. The second-order valence-electron chi connectivity index (χ2n) is 7.81. The van der Waals surface area contributed by atoms with Gasteiger partial charge in [0, 0.05) is 29.5 Å². The average Bonchev–Trinajstić information content (AvgIpc) is 3.59. The van der Waals surface area contributed by atoms with Crippen LogP contribution < -0.4 is 0 Å². The van der Waals surface area contributed by atoms with Crippen molar-refractivity contribution in [3.05, 3.63) is 79.0 Å². The Hall–Kier alpha value is -3.84. The molecule has 158 valence electrons. The molecule has 32 heavy (non-hydrogen) atoms. The molecule has 2 aromatic carbocycles. The number of nitrogens with zero attached hydrogens (tertiary/aromatic N) is 4. The molecule has 1 saturated heterocycles. The maximum absolute atomic E-state index is 13.6. The van der Waals surface area contributed by atoms with Gasteiger partial charge in [-0.3, -0.25) is 4.68 Å². The maximum Gasteiger partial charge on any atom is 0.230 e. The van der Waals surface area contributed by atoms with Crippen LogP contribution in [0.4, 0.5) is 4.39 Å². The zero-order valence-corrected chi connectivity index (χ0v) is 17.1. The average molecular weight is 426 g/mol. The van der Waals surface area contributed by atoms with Gasteiger partial charge in [0.15, 0.2) is 0 Å². The van der Waals surface area contributed by atoms with Gasteiger partial charge >= 0.3 is 0 Å². The molecule has 1 atom stereocenters. The van der Waals surface area contributed by atoms with Crippen molar-refractivity contribution in [1.82, 2.24) is 19.7 Å². The summed E-state index contributed by atoms with van der Waals surface area (Å²) < 4.78 is 27.1. The van der Waals surface area contributed by atoms with Gasteiger partial charge in [0.2, 0.25) is 5.71 Å². The lowest BCUT2D eigenvalue weighted by Crippen LogP contribution is -2.08. The summed E-state index contributed by atoms with van der Waals surface area (Å²) in [6.07, 6.45) is 4.39. The van der Waals surface area contributed by atoms with Crippen LogP contribution in [0.2, 0.25) is 0 Å². The van der Waals surface area contributed by atoms with Crippen LogP contribution in [0.3, 0.4) is 0 Å². The van der Waals surface area contributed by atoms with Gasteiger partial charge in [-0.25, -0.2) is 14.4 Å². The summed E-state index contributed by atoms with van der Waals surface area (Å²) in [5.41, 5.74) is 4.60. The van der Waals surface area contributed by atoms with Gasteiger partial charge in [0.1, 0.15) is 23.6 Å². The Bertz CT molecular complexity index is 1390. The zero-order valence-electron chi connectivity index (χ0n) is 17.1. The van der Waals surface area contributed by atoms with E-state index in [0.717, 1.165) is 45.6 Å². The van der Waals surface area contributed by atoms with Gasteiger partial charge < -0.3 is 9.15 Å². The first-order valence-electron chi connectivity index (χ1n) is 10.5. The smallest absolute Gasteiger partial charge is 0.230 e. The van der Waals surface area contributed by atoms with E-state index in [0.29, 0.717) is 18.9 Å². The van der Waals surface area contributed by atoms with Crippen molar-refractivity contribution in [3.8, 4) is 33.8 Å². The third kappa shape index (κ3) is 3.27. The van der Waals surface area contributed by atoms with E-state index in [1.54, 1.807) is 12.1 Å². The van der Waals surface area contributed by atoms with Crippen molar-refractivity contribution in [1.29, 1.82) is 0 Å². The Morgan fingerprint density at radius 2 is 1.78 bits per heavy atom. The van der Waals surface area contributed by atoms with E-state index in [9.17, 15) is 4.39 Å². The largest absolute Gasteiger partial charge is 0.438 e. The summed E-state index contributed by atoms with van der Waals surface area (Å²) in [5.74, 6) is 0.438. The number of benzene rings is 2. The number of aromatic nitrogens is 4. The lowest BCUT2D eigenvalue weighted by molar-refractivity contribution is 0.184. The topological polar surface area (TPSA) is 66.0 Å². The van der Waals surface area contributed by atoms with Crippen LogP contribution in [0, 0.1) is 5.82 Å². The third-order valence-electron chi connectivity index (χ3n) is 5.77. The highest BCUT2D eigenvalue weighted by Crippen LogP contribution is 2.37. The molecule has 1 aliphatic rings. The Morgan fingerprint density at radius 1 is 0.938 bits per heavy atom. The third-order valence-corrected chi connectivity index (χ3v) is 5.77. The van der Waals surface area contributed by atoms with Crippen molar-refractivity contribution in [3.63, 3.8) is 0 Å². The fraction of sp³-hybridized carbons (Fsp3) is 0.160. The number of rotatable bonds is 4. The molecule has 4 heterocycles. The molecule has 1 fully saturated rings. The molecule has 7 heteroatoms. The first-order chi connectivity index (χ1) is 15.8. The molecule has 3 aromatic heterocycles. The molecule has 0 N–H and O–H groups in total. The quantitative estimate of drug-likeness (QED) is 0.379. The van der Waals surface area contributed by atoms with E-state index in [1.165, 1.54) is 18.5 Å². The first kappa shape index (κ1) is 18.9. The van der Waals surface area contributed by atoms with Crippen molar-refractivity contribution in [2.24, 2.45) is 0 Å². The van der Waals surface area contributed by atoms with Gasteiger partial charge in [-0.15, -0.1) is 0 Å². The van der Waals surface area contributed by atoms with Gasteiger partial charge in [0.25, 0.3) is 0 Å². The highest BCUT2D eigenvalue weighted by Gasteiger charge is 2.24. The Labute approximate surface area is 183 Å². The number of furan rings is 1. The molecule has 1 aliphatic heterocycles. The first-order valence-corrected chi connectivity index (χ1v) is 10.5. The second-order valence-corrected chi connectivity index (χ2v) is 7.81. The molecule has 0 saturated carbocycles. The molecule has 6 nitrogen and oxygen atoms in total. The minimum absolute atomic E-state index is 0.157. The zero-order chi connectivity index (χ0) is 21.5. The summed E-state index contributed by atoms with van der Waals surface area (Å²) in [7, 11) is 0. The minimum Gasteiger partial charge on any atom is -0.438 e. The summed E-state index contributed by atoms with van der Waals surface area (Å²) in [5, 5.41) is 5.67. The van der Waals surface area contributed by atoms with E-state index in [1.807, 2.05) is 47.3 Å². The van der Waals surface area contributed by atoms with E-state index < -0.39 is 0 Å². The van der Waals surface area contributed by atoms with Crippen molar-refractivity contribution in [2.45, 2.75) is 12.5 Å². The van der Waals surface area contributed by atoms with Crippen LogP contribution in [0.1, 0.15) is 12.5 Å². The molecule has 1 unspecified atom stereocenters. The molecule has 0 radical (unpaired) electrons. The monoisotopic (exact) mass is 426 g/mol. The lowest BCUT2D eigenvalue weighted by Gasteiger charge is -2.07. The fourth-order valence-electron chi connectivity index (χ4n) is 4.12. The number of halogens is 1. The molecular formula is C25H19FN4O2. The Morgan fingerprint density at radius 3 is 2.56 bits per heavy atom. The summed E-state index contributed by atoms with van der Waals surface area (Å²) >= 11 is 0. The predicted molar refractivity (Wildman–Crippen MR) is 118 cm³/mol. The predicted octanol–water partition coefficient (Wildman–Crippen LogP) is 5.52. The molecule has 0 spiro atoms. The van der Waals surface area contributed by atoms with Crippen LogP contribution in [-0.4, -0.2) is 33.0 Å². The van der Waals surface area contributed by atoms with Crippen LogP contribution >= 0.6 is 0 Å². The van der Waals surface area contributed by atoms with Crippen LogP contribution in [0.15, 0.2) is 77.6 Å². The van der Waals surface area contributed by atoms with Crippen LogP contribution in [-0.2, 0) is 4.74 Å². The number of fused-ring (bicyclic) bond motifs is 1. The normalized spacial score (nSPS) is 16.1. The summed E-state index contributed by atoms with van der Waals surface area (Å²) in [6, 6.07) is 18.4. The fourth-order valence-corrected chi connectivity index (χ4v) is 4.12. The Balaban J connectivity index is 1.54. The highest BCUT2D eigenvalue weighted by molar-refractivity contribution is 5.95.